The van der Waals surface area contributed by atoms with Gasteiger partial charge in [0.25, 0.3) is 10.0 Å². The predicted molar refractivity (Wildman–Crippen MR) is 172 cm³/mol. The highest BCUT2D eigenvalue weighted by Gasteiger charge is 2.35. The van der Waals surface area contributed by atoms with Gasteiger partial charge in [0.05, 0.1) is 10.6 Å². The van der Waals surface area contributed by atoms with Gasteiger partial charge in [0.2, 0.25) is 11.8 Å². The van der Waals surface area contributed by atoms with E-state index in [1.807, 2.05) is 37.3 Å². The summed E-state index contributed by atoms with van der Waals surface area (Å²) in [4.78, 5) is 29.1. The van der Waals surface area contributed by atoms with Crippen molar-refractivity contribution in [3.05, 3.63) is 130 Å². The number of hydrogen-bond donors (Lipinski definition) is 1. The number of nitrogens with one attached hydrogen (secondary N) is 1. The minimum absolute atomic E-state index is 0.100. The topological polar surface area (TPSA) is 86.8 Å². The zero-order valence-corrected chi connectivity index (χ0v) is 26.3. The molecule has 0 radical (unpaired) electrons. The Hall–Kier alpha value is -3.92. The first kappa shape index (κ1) is 33.0. The second-order valence-corrected chi connectivity index (χ2v) is 12.8. The molecule has 7 nitrogen and oxygen atoms in total. The Morgan fingerprint density at radius 1 is 0.864 bits per heavy atom. The number of benzene rings is 4. The molecule has 4 aromatic rings. The molecule has 0 aliphatic carbocycles. The zero-order chi connectivity index (χ0) is 31.7. The van der Waals surface area contributed by atoms with Gasteiger partial charge in [-0.1, -0.05) is 84.7 Å². The van der Waals surface area contributed by atoms with Gasteiger partial charge < -0.3 is 10.2 Å². The Labute approximate surface area is 267 Å². The molecule has 11 heteroatoms. The van der Waals surface area contributed by atoms with E-state index in [0.717, 1.165) is 9.87 Å². The van der Waals surface area contributed by atoms with Gasteiger partial charge >= 0.3 is 0 Å². The van der Waals surface area contributed by atoms with E-state index in [2.05, 4.69) is 5.32 Å². The van der Waals surface area contributed by atoms with Crippen LogP contribution in [-0.4, -0.2) is 44.3 Å². The van der Waals surface area contributed by atoms with Gasteiger partial charge in [0, 0.05) is 35.1 Å². The van der Waals surface area contributed by atoms with E-state index in [1.165, 1.54) is 59.5 Å². The molecule has 0 aliphatic heterocycles. The molecule has 0 heterocycles. The average molecular weight is 657 g/mol. The highest BCUT2D eigenvalue weighted by molar-refractivity contribution is 7.92. The molecule has 230 valence electrons. The Morgan fingerprint density at radius 3 is 2.20 bits per heavy atom. The molecule has 0 spiro atoms. The lowest BCUT2D eigenvalue weighted by molar-refractivity contribution is -0.140. The maximum Gasteiger partial charge on any atom is 0.264 e. The Kier molecular flexibility index (Phi) is 11.4. The lowest BCUT2D eigenvalue weighted by Gasteiger charge is -2.34. The van der Waals surface area contributed by atoms with E-state index in [9.17, 15) is 22.4 Å². The van der Waals surface area contributed by atoms with E-state index < -0.39 is 40.2 Å². The van der Waals surface area contributed by atoms with Crippen LogP contribution in [-0.2, 0) is 32.6 Å². The number of hydrogen-bond acceptors (Lipinski definition) is 4. The fraction of sp³-hybridized carbons (Fsp3) is 0.212. The molecule has 44 heavy (non-hydrogen) atoms. The Morgan fingerprint density at radius 2 is 1.55 bits per heavy atom. The summed E-state index contributed by atoms with van der Waals surface area (Å²) >= 11 is 12.2. The maximum atomic E-state index is 15.0. The van der Waals surface area contributed by atoms with E-state index in [0.29, 0.717) is 18.0 Å². The number of sulfonamides is 1. The van der Waals surface area contributed by atoms with Gasteiger partial charge in [0.15, 0.2) is 0 Å². The third kappa shape index (κ3) is 8.37. The molecule has 4 rings (SSSR count). The lowest BCUT2D eigenvalue weighted by Crippen LogP contribution is -2.53. The normalized spacial score (nSPS) is 11.9. The zero-order valence-electron chi connectivity index (χ0n) is 24.0. The monoisotopic (exact) mass is 655 g/mol. The van der Waals surface area contributed by atoms with Gasteiger partial charge in [-0.15, -0.1) is 0 Å². The fourth-order valence-corrected chi connectivity index (χ4v) is 6.34. The van der Waals surface area contributed by atoms with Crippen LogP contribution in [0.4, 0.5) is 10.1 Å². The molecule has 0 aromatic heterocycles. The minimum atomic E-state index is -4.32. The maximum absolute atomic E-state index is 15.0. The second-order valence-electron chi connectivity index (χ2n) is 10.1. The third-order valence-corrected chi connectivity index (χ3v) is 9.17. The van der Waals surface area contributed by atoms with Crippen molar-refractivity contribution in [2.75, 3.05) is 17.4 Å². The van der Waals surface area contributed by atoms with Gasteiger partial charge in [-0.3, -0.25) is 13.9 Å². The summed E-state index contributed by atoms with van der Waals surface area (Å²) in [6.45, 7) is 1.31. The summed E-state index contributed by atoms with van der Waals surface area (Å²) in [5, 5.41) is 3.45. The van der Waals surface area contributed by atoms with Crippen molar-refractivity contribution in [1.82, 2.24) is 10.2 Å². The molecule has 0 bridgehead atoms. The van der Waals surface area contributed by atoms with E-state index in [-0.39, 0.29) is 34.1 Å². The van der Waals surface area contributed by atoms with Gasteiger partial charge in [0.1, 0.15) is 18.4 Å². The number of rotatable bonds is 13. The van der Waals surface area contributed by atoms with Crippen LogP contribution in [0.15, 0.2) is 108 Å². The molecule has 0 fully saturated rings. The highest BCUT2D eigenvalue weighted by atomic mass is 35.5. The van der Waals surface area contributed by atoms with Crippen molar-refractivity contribution in [3.8, 4) is 0 Å². The van der Waals surface area contributed by atoms with E-state index in [1.54, 1.807) is 18.2 Å². The van der Waals surface area contributed by atoms with Gasteiger partial charge in [-0.05, 0) is 60.5 Å². The third-order valence-electron chi connectivity index (χ3n) is 6.90. The summed E-state index contributed by atoms with van der Waals surface area (Å²) in [6.07, 6.45) is 0.782. The van der Waals surface area contributed by atoms with Crippen molar-refractivity contribution in [2.45, 2.75) is 37.2 Å². The van der Waals surface area contributed by atoms with Crippen LogP contribution in [0.25, 0.3) is 0 Å². The standard InChI is InChI=1S/C33H32Cl2FN3O4S/c1-2-19-37-33(41)31(20-24-9-4-3-5-10-24)38(22-25-11-6-7-14-30(25)36)32(40)23-39(28-13-8-12-27(35)21-28)44(42,43)29-17-15-26(34)16-18-29/h3-18,21,31H,2,19-20,22-23H2,1H3,(H,37,41). The lowest BCUT2D eigenvalue weighted by atomic mass is 10.0. The highest BCUT2D eigenvalue weighted by Crippen LogP contribution is 2.28. The minimum Gasteiger partial charge on any atom is -0.354 e. The summed E-state index contributed by atoms with van der Waals surface area (Å²) in [5.74, 6) is -1.70. The van der Waals surface area contributed by atoms with Crippen LogP contribution >= 0.6 is 23.2 Å². The van der Waals surface area contributed by atoms with Crippen LogP contribution in [0.5, 0.6) is 0 Å². The Bertz CT molecular complexity index is 1690. The quantitative estimate of drug-likeness (QED) is 0.178. The van der Waals surface area contributed by atoms with Crippen LogP contribution in [0.3, 0.4) is 0 Å². The van der Waals surface area contributed by atoms with Crippen molar-refractivity contribution in [3.63, 3.8) is 0 Å². The second kappa shape index (κ2) is 15.2. The van der Waals surface area contributed by atoms with Crippen LogP contribution in [0.2, 0.25) is 10.0 Å². The van der Waals surface area contributed by atoms with E-state index >= 15 is 0 Å². The van der Waals surface area contributed by atoms with E-state index in [4.69, 9.17) is 23.2 Å². The van der Waals surface area contributed by atoms with Crippen molar-refractivity contribution in [2.24, 2.45) is 0 Å². The average Bonchev–Trinajstić information content (AvgIpc) is 3.01. The summed E-state index contributed by atoms with van der Waals surface area (Å²) in [7, 11) is -4.32. The first-order valence-corrected chi connectivity index (χ1v) is 16.2. The fourth-order valence-electron chi connectivity index (χ4n) is 4.62. The molecule has 0 saturated carbocycles. The molecule has 1 atom stereocenters. The molecular formula is C33H32Cl2FN3O4S. The first-order chi connectivity index (χ1) is 21.1. The van der Waals surface area contributed by atoms with Crippen LogP contribution in [0, 0.1) is 5.82 Å². The SMILES string of the molecule is CCCNC(=O)C(Cc1ccccc1)N(Cc1ccccc1F)C(=O)CN(c1cccc(Cl)c1)S(=O)(=O)c1ccc(Cl)cc1. The first-order valence-electron chi connectivity index (χ1n) is 14.0. The summed E-state index contributed by atoms with van der Waals surface area (Å²) in [5.41, 5.74) is 1.09. The molecule has 1 N–H and O–H groups in total. The number of carbonyl (C=O) groups is 2. The number of amides is 2. The largest absolute Gasteiger partial charge is 0.354 e. The molecule has 4 aromatic carbocycles. The number of halogens is 3. The Balaban J connectivity index is 1.80. The number of carbonyl (C=O) groups excluding carboxylic acids is 2. The van der Waals surface area contributed by atoms with Crippen molar-refractivity contribution in [1.29, 1.82) is 0 Å². The molecule has 2 amide bonds. The van der Waals surface area contributed by atoms with Crippen LogP contribution in [0.1, 0.15) is 24.5 Å². The predicted octanol–water partition coefficient (Wildman–Crippen LogP) is 6.49. The summed E-state index contributed by atoms with van der Waals surface area (Å²) < 4.78 is 43.9. The van der Waals surface area contributed by atoms with Crippen molar-refractivity contribution < 1.29 is 22.4 Å². The smallest absolute Gasteiger partial charge is 0.264 e. The molecule has 0 saturated heterocycles. The molecule has 0 aliphatic rings. The van der Waals surface area contributed by atoms with Gasteiger partial charge in [-0.2, -0.15) is 0 Å². The number of nitrogens with zero attached hydrogens (tertiary/aromatic N) is 2. The summed E-state index contributed by atoms with van der Waals surface area (Å²) in [6, 6.07) is 25.7. The van der Waals surface area contributed by atoms with Gasteiger partial charge in [-0.25, -0.2) is 12.8 Å². The number of anilines is 1. The van der Waals surface area contributed by atoms with Crippen molar-refractivity contribution >= 4 is 50.7 Å². The molecule has 1 unspecified atom stereocenters. The van der Waals surface area contributed by atoms with Crippen LogP contribution < -0.4 is 9.62 Å². The molecular weight excluding hydrogens is 624 g/mol.